The van der Waals surface area contributed by atoms with Crippen LogP contribution >= 0.6 is 0 Å². The van der Waals surface area contributed by atoms with Crippen LogP contribution in [0.15, 0.2) is 60.4 Å². The van der Waals surface area contributed by atoms with Crippen LogP contribution in [0.3, 0.4) is 0 Å². The fourth-order valence-electron chi connectivity index (χ4n) is 5.58. The van der Waals surface area contributed by atoms with Gasteiger partial charge in [0.05, 0.1) is 6.10 Å². The summed E-state index contributed by atoms with van der Waals surface area (Å²) in [6.45, 7) is 2.84. The zero-order valence-corrected chi connectivity index (χ0v) is 23.8. The Morgan fingerprint density at radius 2 is 1.71 bits per heavy atom. The van der Waals surface area contributed by atoms with Gasteiger partial charge in [-0.05, 0) is 94.3 Å². The lowest BCUT2D eigenvalue weighted by Gasteiger charge is -2.43. The molecule has 2 N–H and O–H groups in total. The number of aliphatic hydroxyl groups is 1. The number of carboxylic acid groups (broad SMARTS) is 1. The molecule has 8 nitrogen and oxygen atoms in total. The third kappa shape index (κ3) is 8.07. The molecule has 6 atom stereocenters. The summed E-state index contributed by atoms with van der Waals surface area (Å²) in [6, 6.07) is 7.86. The molecule has 3 fully saturated rings. The Morgan fingerprint density at radius 1 is 1.05 bits per heavy atom. The van der Waals surface area contributed by atoms with Crippen molar-refractivity contribution in [1.82, 2.24) is 0 Å². The van der Waals surface area contributed by atoms with E-state index in [0.29, 0.717) is 38.9 Å². The highest BCUT2D eigenvalue weighted by molar-refractivity contribution is 5.78. The second-order valence-electron chi connectivity index (χ2n) is 10.9. The van der Waals surface area contributed by atoms with Gasteiger partial charge in [-0.2, -0.15) is 4.39 Å². The van der Waals surface area contributed by atoms with Gasteiger partial charge < -0.3 is 33.9 Å². The number of allylic oxidation sites excluding steroid dienone is 2. The highest BCUT2D eigenvalue weighted by Crippen LogP contribution is 2.41. The van der Waals surface area contributed by atoms with Crippen LogP contribution in [0.5, 0.6) is 5.75 Å². The maximum absolute atomic E-state index is 17.1. The molecule has 9 heteroatoms. The Labute approximate surface area is 241 Å². The zero-order chi connectivity index (χ0) is 29.1. The maximum Gasteiger partial charge on any atom is 0.404 e. The van der Waals surface area contributed by atoms with E-state index in [1.54, 1.807) is 24.3 Å². The number of ether oxygens (including phenoxy) is 5. The van der Waals surface area contributed by atoms with Gasteiger partial charge in [0.2, 0.25) is 0 Å². The smallest absolute Gasteiger partial charge is 0.404 e. The van der Waals surface area contributed by atoms with Crippen molar-refractivity contribution < 1.29 is 43.1 Å². The Hall–Kier alpha value is -2.52. The minimum atomic E-state index is -3.53. The number of aliphatic carboxylic acids is 1. The summed E-state index contributed by atoms with van der Waals surface area (Å²) in [4.78, 5) is 12.7. The molecule has 0 spiro atoms. The third-order valence-electron chi connectivity index (χ3n) is 7.85. The Bertz CT molecular complexity index is 1020. The molecule has 2 heterocycles. The van der Waals surface area contributed by atoms with Gasteiger partial charge in [-0.15, -0.1) is 5.73 Å². The molecule has 3 aliphatic rings. The van der Waals surface area contributed by atoms with Gasteiger partial charge in [0, 0.05) is 19.3 Å². The lowest BCUT2D eigenvalue weighted by Crippen LogP contribution is -2.64. The van der Waals surface area contributed by atoms with Gasteiger partial charge in [-0.3, -0.25) is 0 Å². The molecule has 1 aromatic rings. The van der Waals surface area contributed by atoms with Gasteiger partial charge in [0.1, 0.15) is 5.75 Å². The number of halogens is 1. The molecule has 226 valence electrons. The van der Waals surface area contributed by atoms with Crippen LogP contribution in [0.2, 0.25) is 0 Å². The Balaban J connectivity index is 1.73. The van der Waals surface area contributed by atoms with Crippen molar-refractivity contribution in [2.24, 2.45) is 11.8 Å². The number of rotatable bonds is 13. The molecule has 0 amide bonds. The maximum atomic E-state index is 17.1. The Morgan fingerprint density at radius 3 is 2.27 bits per heavy atom. The molecule has 2 saturated heterocycles. The average molecular weight is 575 g/mol. The van der Waals surface area contributed by atoms with Crippen molar-refractivity contribution in [3.63, 3.8) is 0 Å². The molecule has 4 rings (SSSR count). The summed E-state index contributed by atoms with van der Waals surface area (Å²) >= 11 is 0. The van der Waals surface area contributed by atoms with E-state index < -0.39 is 36.3 Å². The molecular weight excluding hydrogens is 531 g/mol. The van der Waals surface area contributed by atoms with Crippen LogP contribution in [-0.2, 0) is 23.7 Å². The van der Waals surface area contributed by atoms with E-state index in [0.717, 1.165) is 44.6 Å². The average Bonchev–Trinajstić information content (AvgIpc) is 3.34. The molecular formula is C32H43FO8. The lowest BCUT2D eigenvalue weighted by molar-refractivity contribution is -0.397. The van der Waals surface area contributed by atoms with Gasteiger partial charge in [0.15, 0.2) is 12.6 Å². The third-order valence-corrected chi connectivity index (χ3v) is 7.85. The van der Waals surface area contributed by atoms with Gasteiger partial charge in [-0.25, -0.2) is 4.79 Å². The van der Waals surface area contributed by atoms with Crippen LogP contribution in [-0.4, -0.2) is 59.7 Å². The molecule has 0 aromatic heterocycles. The minimum Gasteiger partial charge on any atom is -0.476 e. The zero-order valence-electron chi connectivity index (χ0n) is 23.8. The predicted octanol–water partition coefficient (Wildman–Crippen LogP) is 6.05. The van der Waals surface area contributed by atoms with Crippen molar-refractivity contribution >= 4 is 5.97 Å². The number of carboxylic acids is 1. The summed E-state index contributed by atoms with van der Waals surface area (Å²) in [5.41, 5.74) is 2.95. The first-order valence-corrected chi connectivity index (χ1v) is 14.9. The molecule has 41 heavy (non-hydrogen) atoms. The van der Waals surface area contributed by atoms with E-state index in [9.17, 15) is 15.0 Å². The van der Waals surface area contributed by atoms with Gasteiger partial charge in [-0.1, -0.05) is 37.3 Å². The molecule has 2 aliphatic heterocycles. The number of hydrogen-bond donors (Lipinski definition) is 2. The highest BCUT2D eigenvalue weighted by Gasteiger charge is 2.65. The van der Waals surface area contributed by atoms with Crippen molar-refractivity contribution in [3.8, 4) is 5.75 Å². The molecule has 1 saturated carbocycles. The molecule has 3 unspecified atom stereocenters. The van der Waals surface area contributed by atoms with Crippen molar-refractivity contribution in [1.29, 1.82) is 0 Å². The van der Waals surface area contributed by atoms with E-state index in [4.69, 9.17) is 23.7 Å². The number of hydrogen-bond acceptors (Lipinski definition) is 7. The van der Waals surface area contributed by atoms with Gasteiger partial charge in [0.25, 0.3) is 5.79 Å². The Kier molecular flexibility index (Phi) is 11.6. The van der Waals surface area contributed by atoms with Crippen molar-refractivity contribution in [2.45, 2.75) is 101 Å². The minimum absolute atomic E-state index is 0.0138. The topological polar surface area (TPSA) is 104 Å². The summed E-state index contributed by atoms with van der Waals surface area (Å²) in [6.07, 6.45) is 11.7. The van der Waals surface area contributed by atoms with E-state index in [1.807, 2.05) is 0 Å². The normalized spacial score (nSPS) is 29.7. The second-order valence-corrected chi connectivity index (χ2v) is 10.9. The fraction of sp³-hybridized carbons (Fsp3) is 0.625. The van der Waals surface area contributed by atoms with Crippen LogP contribution in [0.4, 0.5) is 4.39 Å². The fourth-order valence-corrected chi connectivity index (χ4v) is 5.58. The SMILES string of the molecule is CC/C=C/[C@H]1CC[C@H](O)[C@@H]1CC=C=CC([16O]C1CCCCO1)([16O]C1CCCCO1)C(F)(Oc1ccccc1)C(=O)O. The van der Waals surface area contributed by atoms with E-state index in [-0.39, 0.29) is 17.6 Å². The van der Waals surface area contributed by atoms with Gasteiger partial charge >= 0.3 is 11.8 Å². The number of alkyl halides is 1. The van der Waals surface area contributed by atoms with E-state index >= 15 is 4.39 Å². The summed E-state index contributed by atoms with van der Waals surface area (Å²) in [5, 5.41) is 20.9. The van der Waals surface area contributed by atoms with Crippen molar-refractivity contribution in [3.05, 3.63) is 60.4 Å². The quantitative estimate of drug-likeness (QED) is 0.167. The first-order valence-electron chi connectivity index (χ1n) is 14.9. The first kappa shape index (κ1) is 31.4. The van der Waals surface area contributed by atoms with E-state index in [1.165, 1.54) is 12.1 Å². The molecule has 0 radical (unpaired) electrons. The summed E-state index contributed by atoms with van der Waals surface area (Å²) < 4.78 is 46.4. The standard InChI is InChI=1S/C32H43FO8/c1-2-3-13-24-19-20-27(34)26(24)16-7-10-21-31(40-28-17-8-11-22-37-28,41-29-18-9-12-23-38-29)32(33,30(35)36)39-25-14-5-4-6-15-25/h3-7,13-15,21,24,26-29,34H,2,8-9,11-12,16-20,22-23H2,1H3,(H,35,36)/b13-3+/t10?,24-,26+,27-,28?,29?,31?,32?/m0/s1/i40+0,41+0. The molecule has 0 bridgehead atoms. The number of para-hydroxylation sites is 1. The number of aliphatic hydroxyl groups excluding tert-OH is 1. The number of carbonyl (C=O) groups is 1. The van der Waals surface area contributed by atoms with Crippen molar-refractivity contribution in [2.75, 3.05) is 13.2 Å². The predicted molar refractivity (Wildman–Crippen MR) is 150 cm³/mol. The highest BCUT2D eigenvalue weighted by atomic mass is 19.2. The number of benzene rings is 1. The molecule has 1 aliphatic carbocycles. The monoisotopic (exact) mass is 574 g/mol. The lowest BCUT2D eigenvalue weighted by atomic mass is 9.91. The van der Waals surface area contributed by atoms with Crippen LogP contribution in [0.25, 0.3) is 0 Å². The second kappa shape index (κ2) is 15.1. The molecule has 1 aromatic carbocycles. The van der Waals surface area contributed by atoms with Crippen LogP contribution in [0.1, 0.15) is 71.1 Å². The summed E-state index contributed by atoms with van der Waals surface area (Å²) in [5.74, 6) is -7.90. The van der Waals surface area contributed by atoms with Crippen LogP contribution in [0, 0.1) is 11.8 Å². The first-order chi connectivity index (χ1) is 19.9. The van der Waals surface area contributed by atoms with Crippen LogP contribution < -0.4 is 4.74 Å². The summed E-state index contributed by atoms with van der Waals surface area (Å²) in [7, 11) is 0. The van der Waals surface area contributed by atoms with E-state index in [2.05, 4.69) is 24.8 Å². The largest absolute Gasteiger partial charge is 0.476 e.